The molecule has 58 heavy (non-hydrogen) atoms. The van der Waals surface area contributed by atoms with Crippen molar-refractivity contribution in [3.05, 3.63) is 241 Å². The Bertz CT molecular complexity index is 3470. The summed E-state index contributed by atoms with van der Waals surface area (Å²) in [5.41, 5.74) is 13.1. The SMILES string of the molecule is [2H]c1c([2H])c([2H])c(N(c2ccccc2)c2ccc3c(c2)C2(c4ccccc4-c4cc(N(c5ccccc5)c5cccc6c5sc5ccccc56)ccc42)c2ccccc2-3)c([2H])c1[2H]. The number of rotatable bonds is 6. The lowest BCUT2D eigenvalue weighted by atomic mass is 9.70. The molecule has 12 rings (SSSR count). The zero-order valence-electron chi connectivity index (χ0n) is 36.2. The Morgan fingerprint density at radius 1 is 0.379 bits per heavy atom. The van der Waals surface area contributed by atoms with Crippen molar-refractivity contribution in [1.82, 2.24) is 0 Å². The highest BCUT2D eigenvalue weighted by Gasteiger charge is 2.52. The van der Waals surface area contributed by atoms with Gasteiger partial charge >= 0.3 is 0 Å². The molecule has 0 bridgehead atoms. The van der Waals surface area contributed by atoms with Crippen LogP contribution in [0.1, 0.15) is 29.1 Å². The maximum atomic E-state index is 9.11. The maximum absolute atomic E-state index is 9.11. The lowest BCUT2D eigenvalue weighted by molar-refractivity contribution is 0.793. The van der Waals surface area contributed by atoms with Crippen molar-refractivity contribution in [2.75, 3.05) is 9.80 Å². The molecule has 0 saturated carbocycles. The van der Waals surface area contributed by atoms with Gasteiger partial charge < -0.3 is 9.80 Å². The molecule has 1 unspecified atom stereocenters. The Kier molecular flexibility index (Phi) is 6.29. The number of anilines is 6. The number of hydrogen-bond donors (Lipinski definition) is 0. The molecule has 2 nitrogen and oxygen atoms in total. The highest BCUT2D eigenvalue weighted by atomic mass is 32.1. The van der Waals surface area contributed by atoms with E-state index in [2.05, 4.69) is 157 Å². The van der Waals surface area contributed by atoms with Crippen molar-refractivity contribution in [3.8, 4) is 22.3 Å². The fraction of sp³-hybridized carbons (Fsp3) is 0.0182. The van der Waals surface area contributed by atoms with Gasteiger partial charge in [0, 0.05) is 43.9 Å². The number of benzene rings is 9. The molecule has 1 atom stereocenters. The van der Waals surface area contributed by atoms with Crippen molar-refractivity contribution < 1.29 is 6.85 Å². The van der Waals surface area contributed by atoms with Crippen LogP contribution in [-0.4, -0.2) is 0 Å². The standard InChI is InChI=1S/C55H36N2S/c1-4-17-37(18-5-1)56(38-19-6-2-7-20-38)41-31-33-44-42-23-10-13-27-48(42)55(51(44)36-41)49-28-14-11-24-43(49)47-35-40(32-34-50(47)55)57(39-21-8-3-9-22-39)52-29-16-26-46-45-25-12-15-30-53(45)58-54(46)52/h1-36H/i1D,4D,5D,17D,18D. The number of thiophene rings is 1. The van der Waals surface area contributed by atoms with Crippen molar-refractivity contribution >= 4 is 65.6 Å². The second-order valence-corrected chi connectivity index (χ2v) is 15.9. The molecule has 10 aromatic rings. The van der Waals surface area contributed by atoms with Crippen LogP contribution < -0.4 is 9.80 Å². The summed E-state index contributed by atoms with van der Waals surface area (Å²) in [4.78, 5) is 4.20. The minimum absolute atomic E-state index is 0.100. The third-order valence-electron chi connectivity index (χ3n) is 11.9. The monoisotopic (exact) mass is 761 g/mol. The molecule has 0 amide bonds. The first kappa shape index (κ1) is 28.2. The average molecular weight is 762 g/mol. The molecular weight excluding hydrogens is 721 g/mol. The van der Waals surface area contributed by atoms with Gasteiger partial charge in [-0.05, 0) is 117 Å². The summed E-state index contributed by atoms with van der Waals surface area (Å²) in [6.45, 7) is 0. The molecule has 0 saturated heterocycles. The topological polar surface area (TPSA) is 6.48 Å². The average Bonchev–Trinajstić information content (AvgIpc) is 3.96. The Hall–Kier alpha value is -7.20. The van der Waals surface area contributed by atoms with E-state index >= 15 is 0 Å². The van der Waals surface area contributed by atoms with Gasteiger partial charge in [-0.15, -0.1) is 11.3 Å². The van der Waals surface area contributed by atoms with Crippen LogP contribution in [0.3, 0.4) is 0 Å². The summed E-state index contributed by atoms with van der Waals surface area (Å²) < 4.78 is 46.4. The fourth-order valence-corrected chi connectivity index (χ4v) is 10.9. The molecule has 3 heteroatoms. The predicted octanol–water partition coefficient (Wildman–Crippen LogP) is 15.3. The van der Waals surface area contributed by atoms with Gasteiger partial charge in [0.1, 0.15) is 0 Å². The largest absolute Gasteiger partial charge is 0.310 e. The molecule has 1 aromatic heterocycles. The zero-order chi connectivity index (χ0) is 42.6. The molecular formula is C55H36N2S. The minimum atomic E-state index is -0.711. The van der Waals surface area contributed by atoms with Gasteiger partial charge in [-0.25, -0.2) is 0 Å². The van der Waals surface area contributed by atoms with Gasteiger partial charge in [0.05, 0.1) is 22.7 Å². The van der Waals surface area contributed by atoms with Crippen LogP contribution in [-0.2, 0) is 5.41 Å². The van der Waals surface area contributed by atoms with E-state index in [0.717, 1.165) is 50.4 Å². The Labute approximate surface area is 349 Å². The third-order valence-corrected chi connectivity index (χ3v) is 13.1. The molecule has 0 N–H and O–H groups in total. The van der Waals surface area contributed by atoms with Crippen LogP contribution >= 0.6 is 11.3 Å². The second kappa shape index (κ2) is 12.9. The number of nitrogens with zero attached hydrogens (tertiary/aromatic N) is 2. The van der Waals surface area contributed by atoms with Gasteiger partial charge in [0.15, 0.2) is 0 Å². The Morgan fingerprint density at radius 3 is 1.71 bits per heavy atom. The van der Waals surface area contributed by atoms with E-state index in [-0.39, 0.29) is 29.9 Å². The highest BCUT2D eigenvalue weighted by molar-refractivity contribution is 7.26. The molecule has 0 fully saturated rings. The van der Waals surface area contributed by atoms with Crippen molar-refractivity contribution in [1.29, 1.82) is 0 Å². The van der Waals surface area contributed by atoms with Crippen LogP contribution in [0.15, 0.2) is 218 Å². The van der Waals surface area contributed by atoms with Gasteiger partial charge in [-0.1, -0.05) is 146 Å². The first-order valence-corrected chi connectivity index (χ1v) is 20.3. The van der Waals surface area contributed by atoms with Gasteiger partial charge in [-0.3, -0.25) is 0 Å². The lowest BCUT2D eigenvalue weighted by Crippen LogP contribution is -2.26. The van der Waals surface area contributed by atoms with E-state index in [4.69, 9.17) is 6.85 Å². The van der Waals surface area contributed by atoms with E-state index in [1.54, 1.807) is 0 Å². The summed E-state index contributed by atoms with van der Waals surface area (Å²) in [5, 5.41) is 2.50. The fourth-order valence-electron chi connectivity index (χ4n) is 9.65. The number of fused-ring (bicyclic) bond motifs is 13. The van der Waals surface area contributed by atoms with Crippen molar-refractivity contribution in [2.24, 2.45) is 0 Å². The second-order valence-electron chi connectivity index (χ2n) is 14.9. The smallest absolute Gasteiger partial charge is 0.0726 e. The van der Waals surface area contributed by atoms with Crippen molar-refractivity contribution in [2.45, 2.75) is 5.41 Å². The molecule has 272 valence electrons. The van der Waals surface area contributed by atoms with Gasteiger partial charge in [0.25, 0.3) is 0 Å². The zero-order valence-corrected chi connectivity index (χ0v) is 32.0. The molecule has 9 aromatic carbocycles. The molecule has 0 radical (unpaired) electrons. The van der Waals surface area contributed by atoms with Crippen molar-refractivity contribution in [3.63, 3.8) is 0 Å². The lowest BCUT2D eigenvalue weighted by Gasteiger charge is -2.32. The predicted molar refractivity (Wildman–Crippen MR) is 245 cm³/mol. The molecule has 0 aliphatic heterocycles. The molecule has 2 aliphatic rings. The first-order chi connectivity index (χ1) is 30.9. The van der Waals surface area contributed by atoms with Gasteiger partial charge in [-0.2, -0.15) is 0 Å². The molecule has 1 spiro atoms. The van der Waals surface area contributed by atoms with Crippen LogP contribution in [0, 0.1) is 0 Å². The maximum Gasteiger partial charge on any atom is 0.0726 e. The van der Waals surface area contributed by atoms with E-state index in [0.29, 0.717) is 11.4 Å². The quantitative estimate of drug-likeness (QED) is 0.166. The van der Waals surface area contributed by atoms with E-state index in [1.807, 2.05) is 52.6 Å². The summed E-state index contributed by atoms with van der Waals surface area (Å²) in [6.07, 6.45) is 0. The van der Waals surface area contributed by atoms with Gasteiger partial charge in [0.2, 0.25) is 0 Å². The Balaban J connectivity index is 1.11. The third kappa shape index (κ3) is 4.71. The summed E-state index contributed by atoms with van der Waals surface area (Å²) >= 11 is 1.82. The van der Waals surface area contributed by atoms with Crippen LogP contribution in [0.5, 0.6) is 0 Å². The van der Waals surface area contributed by atoms with Crippen LogP contribution in [0.2, 0.25) is 0 Å². The number of para-hydroxylation sites is 3. The Morgan fingerprint density at radius 2 is 0.948 bits per heavy atom. The minimum Gasteiger partial charge on any atom is -0.310 e. The first-order valence-electron chi connectivity index (χ1n) is 22.0. The number of hydrogen-bond acceptors (Lipinski definition) is 3. The molecule has 1 heterocycles. The summed E-state index contributed by atoms with van der Waals surface area (Å²) in [7, 11) is 0. The van der Waals surface area contributed by atoms with E-state index < -0.39 is 11.5 Å². The molecule has 2 aliphatic carbocycles. The summed E-state index contributed by atoms with van der Waals surface area (Å²) in [6, 6.07) is 64.4. The highest BCUT2D eigenvalue weighted by Crippen LogP contribution is 2.64. The van der Waals surface area contributed by atoms with E-state index in [1.165, 1.54) is 31.3 Å². The van der Waals surface area contributed by atoms with Crippen LogP contribution in [0.4, 0.5) is 34.1 Å². The van der Waals surface area contributed by atoms with E-state index in [9.17, 15) is 0 Å². The normalized spacial score (nSPS) is 15.8. The summed E-state index contributed by atoms with van der Waals surface area (Å²) in [5.74, 6) is 0. The van der Waals surface area contributed by atoms with Crippen LogP contribution in [0.25, 0.3) is 42.4 Å².